The zero-order chi connectivity index (χ0) is 27.7. The second-order valence-corrected chi connectivity index (χ2v) is 11.2. The number of carbonyl (C=O) groups is 1. The SMILES string of the molecule is CCC1C=C(C#CC2CCCCC2)C(CCCC(=O)N2CCN(c3ccccn3)CC2)N=C1c1ccc(F)cc1. The van der Waals surface area contributed by atoms with Crippen molar-refractivity contribution in [2.45, 2.75) is 70.8 Å². The first-order valence-corrected chi connectivity index (χ1v) is 15.1. The van der Waals surface area contributed by atoms with Crippen LogP contribution in [0, 0.1) is 29.5 Å². The number of dihydropyridines is 1. The molecule has 0 radical (unpaired) electrons. The highest BCUT2D eigenvalue weighted by molar-refractivity contribution is 6.04. The lowest BCUT2D eigenvalue weighted by molar-refractivity contribution is -0.131. The van der Waals surface area contributed by atoms with E-state index in [9.17, 15) is 9.18 Å². The Morgan fingerprint density at radius 2 is 1.80 bits per heavy atom. The Balaban J connectivity index is 1.23. The zero-order valence-corrected chi connectivity index (χ0v) is 23.7. The maximum absolute atomic E-state index is 13.6. The fourth-order valence-electron chi connectivity index (χ4n) is 6.07. The van der Waals surface area contributed by atoms with Crippen LogP contribution in [0.3, 0.4) is 0 Å². The van der Waals surface area contributed by atoms with Crippen LogP contribution in [0.25, 0.3) is 0 Å². The Morgan fingerprint density at radius 1 is 1.02 bits per heavy atom. The fourth-order valence-corrected chi connectivity index (χ4v) is 6.07. The van der Waals surface area contributed by atoms with Gasteiger partial charge in [-0.15, -0.1) is 0 Å². The highest BCUT2D eigenvalue weighted by atomic mass is 19.1. The first-order valence-electron chi connectivity index (χ1n) is 15.1. The lowest BCUT2D eigenvalue weighted by atomic mass is 9.85. The standard InChI is InChI=1S/C34H41FN4O/c1-2-27-25-29(15-14-26-9-4-3-5-10-26)31(37-34(27)28-16-18-30(35)19-17-28)11-8-13-33(40)39-23-21-38(22-24-39)32-12-6-7-20-36-32/h6-7,12,16-20,25-27,31H,2-5,8-11,13,21-24H2,1H3. The third-order valence-corrected chi connectivity index (χ3v) is 8.47. The number of anilines is 1. The molecule has 210 valence electrons. The van der Waals surface area contributed by atoms with Crippen molar-refractivity contribution in [2.75, 3.05) is 31.1 Å². The Labute approximate surface area is 238 Å². The van der Waals surface area contributed by atoms with E-state index in [0.29, 0.717) is 12.3 Å². The van der Waals surface area contributed by atoms with Crippen molar-refractivity contribution in [1.82, 2.24) is 9.88 Å². The molecule has 1 saturated carbocycles. The smallest absolute Gasteiger partial charge is 0.222 e. The van der Waals surface area contributed by atoms with Crippen LogP contribution in [0.1, 0.15) is 70.3 Å². The van der Waals surface area contributed by atoms with Crippen LogP contribution in [-0.2, 0) is 4.79 Å². The summed E-state index contributed by atoms with van der Waals surface area (Å²) in [6.45, 7) is 5.22. The second kappa shape index (κ2) is 13.7. The molecule has 1 aromatic heterocycles. The molecule has 2 unspecified atom stereocenters. The van der Waals surface area contributed by atoms with Crippen molar-refractivity contribution in [2.24, 2.45) is 16.8 Å². The van der Waals surface area contributed by atoms with Gasteiger partial charge in [0.1, 0.15) is 11.6 Å². The van der Waals surface area contributed by atoms with Crippen molar-refractivity contribution in [3.05, 3.63) is 71.7 Å². The van der Waals surface area contributed by atoms with E-state index < -0.39 is 0 Å². The van der Waals surface area contributed by atoms with Gasteiger partial charge in [-0.3, -0.25) is 9.79 Å². The van der Waals surface area contributed by atoms with Crippen LogP contribution in [0.2, 0.25) is 0 Å². The number of benzene rings is 1. The van der Waals surface area contributed by atoms with Gasteiger partial charge in [0.05, 0.1) is 6.04 Å². The van der Waals surface area contributed by atoms with E-state index in [4.69, 9.17) is 4.99 Å². The minimum Gasteiger partial charge on any atom is -0.353 e. The van der Waals surface area contributed by atoms with Gasteiger partial charge in [0.2, 0.25) is 5.91 Å². The van der Waals surface area contributed by atoms with Gasteiger partial charge >= 0.3 is 0 Å². The molecule has 40 heavy (non-hydrogen) atoms. The van der Waals surface area contributed by atoms with Crippen molar-refractivity contribution in [3.63, 3.8) is 0 Å². The Hall–Kier alpha value is -3.46. The van der Waals surface area contributed by atoms with Crippen LogP contribution in [-0.4, -0.2) is 53.7 Å². The summed E-state index contributed by atoms with van der Waals surface area (Å²) in [5.74, 6) is 8.71. The van der Waals surface area contributed by atoms with E-state index in [1.165, 1.54) is 44.2 Å². The molecular formula is C34H41FN4O. The number of aliphatic imine (C=N–C) groups is 1. The van der Waals surface area contributed by atoms with E-state index in [0.717, 1.165) is 68.1 Å². The van der Waals surface area contributed by atoms with Crippen LogP contribution < -0.4 is 4.90 Å². The molecular weight excluding hydrogens is 499 g/mol. The molecule has 1 aromatic carbocycles. The van der Waals surface area contributed by atoms with Crippen LogP contribution in [0.15, 0.2) is 65.3 Å². The maximum Gasteiger partial charge on any atom is 0.222 e. The number of hydrogen-bond donors (Lipinski definition) is 0. The minimum atomic E-state index is -0.237. The average molecular weight is 541 g/mol. The number of halogens is 1. The van der Waals surface area contributed by atoms with E-state index in [-0.39, 0.29) is 23.7 Å². The lowest BCUT2D eigenvalue weighted by Crippen LogP contribution is -2.49. The number of carbonyl (C=O) groups excluding carboxylic acids is 1. The number of rotatable bonds is 7. The third kappa shape index (κ3) is 7.18. The van der Waals surface area contributed by atoms with Crippen molar-refractivity contribution >= 4 is 17.4 Å². The van der Waals surface area contributed by atoms with Gasteiger partial charge in [-0.2, -0.15) is 0 Å². The molecule has 1 saturated heterocycles. The Morgan fingerprint density at radius 3 is 2.50 bits per heavy atom. The first-order chi connectivity index (χ1) is 19.6. The zero-order valence-electron chi connectivity index (χ0n) is 23.7. The molecule has 3 aliphatic rings. The molecule has 6 heteroatoms. The number of nitrogens with zero attached hydrogens (tertiary/aromatic N) is 4. The second-order valence-electron chi connectivity index (χ2n) is 11.2. The van der Waals surface area contributed by atoms with Gasteiger partial charge in [0.15, 0.2) is 0 Å². The largest absolute Gasteiger partial charge is 0.353 e. The van der Waals surface area contributed by atoms with Gasteiger partial charge in [-0.1, -0.05) is 62.3 Å². The number of piperazine rings is 1. The normalized spacial score (nSPS) is 21.8. The molecule has 5 rings (SSSR count). The predicted molar refractivity (Wildman–Crippen MR) is 160 cm³/mol. The summed E-state index contributed by atoms with van der Waals surface area (Å²) in [7, 11) is 0. The highest BCUT2D eigenvalue weighted by Crippen LogP contribution is 2.29. The van der Waals surface area contributed by atoms with Gasteiger partial charge in [-0.05, 0) is 61.9 Å². The van der Waals surface area contributed by atoms with Crippen LogP contribution >= 0.6 is 0 Å². The van der Waals surface area contributed by atoms with Crippen molar-refractivity contribution in [3.8, 4) is 11.8 Å². The quantitative estimate of drug-likeness (QED) is 0.380. The molecule has 2 aromatic rings. The molecule has 2 aliphatic heterocycles. The van der Waals surface area contributed by atoms with Crippen molar-refractivity contribution in [1.29, 1.82) is 0 Å². The molecule has 1 aliphatic carbocycles. The summed E-state index contributed by atoms with van der Waals surface area (Å²) in [5.41, 5.74) is 3.07. The molecule has 1 amide bonds. The van der Waals surface area contributed by atoms with Gasteiger partial charge in [0.25, 0.3) is 0 Å². The number of pyridine rings is 1. The molecule has 0 spiro atoms. The highest BCUT2D eigenvalue weighted by Gasteiger charge is 2.26. The third-order valence-electron chi connectivity index (χ3n) is 8.47. The Kier molecular flexibility index (Phi) is 9.65. The summed E-state index contributed by atoms with van der Waals surface area (Å²) in [5, 5.41) is 0. The molecule has 0 N–H and O–H groups in total. The molecule has 2 atom stereocenters. The number of amides is 1. The monoisotopic (exact) mass is 540 g/mol. The van der Waals surface area contributed by atoms with Crippen LogP contribution in [0.5, 0.6) is 0 Å². The lowest BCUT2D eigenvalue weighted by Gasteiger charge is -2.35. The predicted octanol–water partition coefficient (Wildman–Crippen LogP) is 6.45. The summed E-state index contributed by atoms with van der Waals surface area (Å²) >= 11 is 0. The topological polar surface area (TPSA) is 48.8 Å². The van der Waals surface area contributed by atoms with E-state index in [2.05, 4.69) is 34.7 Å². The first kappa shape index (κ1) is 28.1. The van der Waals surface area contributed by atoms with Crippen LogP contribution in [0.4, 0.5) is 10.2 Å². The number of hydrogen-bond acceptors (Lipinski definition) is 4. The molecule has 2 fully saturated rings. The summed E-state index contributed by atoms with van der Waals surface area (Å²) in [6.07, 6.45) is 13.3. The summed E-state index contributed by atoms with van der Waals surface area (Å²) in [6, 6.07) is 12.6. The molecule has 3 heterocycles. The minimum absolute atomic E-state index is 0.0623. The van der Waals surface area contributed by atoms with E-state index in [1.54, 1.807) is 0 Å². The summed E-state index contributed by atoms with van der Waals surface area (Å²) < 4.78 is 13.6. The maximum atomic E-state index is 13.6. The Bertz CT molecular complexity index is 1250. The summed E-state index contributed by atoms with van der Waals surface area (Å²) in [4.78, 5) is 27.0. The van der Waals surface area contributed by atoms with Gasteiger partial charge < -0.3 is 9.80 Å². The molecule has 5 nitrogen and oxygen atoms in total. The average Bonchev–Trinajstić information content (AvgIpc) is 3.01. The fraction of sp³-hybridized carbons (Fsp3) is 0.500. The van der Waals surface area contributed by atoms with E-state index >= 15 is 0 Å². The van der Waals surface area contributed by atoms with Crippen molar-refractivity contribution < 1.29 is 9.18 Å². The molecule has 0 bridgehead atoms. The number of allylic oxidation sites excluding steroid dienone is 1. The van der Waals surface area contributed by atoms with Gasteiger partial charge in [-0.25, -0.2) is 9.37 Å². The number of aromatic nitrogens is 1. The van der Waals surface area contributed by atoms with Gasteiger partial charge in [0, 0.05) is 61.9 Å². The van der Waals surface area contributed by atoms with E-state index in [1.807, 2.05) is 41.4 Å².